The van der Waals surface area contributed by atoms with E-state index in [-0.39, 0.29) is 25.5 Å². The van der Waals surface area contributed by atoms with Gasteiger partial charge in [0.2, 0.25) is 11.8 Å². The topological polar surface area (TPSA) is 114 Å². The molecule has 3 amide bonds. The average Bonchev–Trinajstić information content (AvgIpc) is 2.85. The van der Waals surface area contributed by atoms with Gasteiger partial charge in [-0.3, -0.25) is 14.4 Å². The molecular weight excluding hydrogens is 518 g/mol. The van der Waals surface area contributed by atoms with E-state index in [2.05, 4.69) is 10.6 Å². The molecule has 0 aromatic heterocycles. The summed E-state index contributed by atoms with van der Waals surface area (Å²) in [6.45, 7) is 13.6. The first kappa shape index (κ1) is 34.3. The van der Waals surface area contributed by atoms with E-state index in [4.69, 9.17) is 9.47 Å². The first-order valence-electron chi connectivity index (χ1n) is 13.6. The highest BCUT2D eigenvalue weighted by Gasteiger charge is 2.36. The van der Waals surface area contributed by atoms with Crippen LogP contribution in [-0.2, 0) is 23.9 Å². The van der Waals surface area contributed by atoms with E-state index >= 15 is 0 Å². The van der Waals surface area contributed by atoms with Crippen molar-refractivity contribution in [2.24, 2.45) is 0 Å². The largest absolute Gasteiger partial charge is 0.466 e. The highest BCUT2D eigenvalue weighted by atomic mass is 32.2. The molecule has 0 spiro atoms. The standard InChI is InChI=1S/C29H47N3O6S/c1-9-11-18-32(27(35)23(16-19-39-8)31-28(36)38-29(5,6)7)25(22-14-12-13-20(3)21(22)4)26(34)30-17-15-24(33)37-10-2/h12-14,23,25H,9-11,15-19H2,1-8H3,(H,30,34)(H,31,36). The fourth-order valence-electron chi connectivity index (χ4n) is 3.98. The highest BCUT2D eigenvalue weighted by Crippen LogP contribution is 2.28. The van der Waals surface area contributed by atoms with E-state index in [1.54, 1.807) is 44.4 Å². The molecule has 0 radical (unpaired) electrons. The van der Waals surface area contributed by atoms with Crippen LogP contribution in [0.3, 0.4) is 0 Å². The second-order valence-electron chi connectivity index (χ2n) is 10.4. The summed E-state index contributed by atoms with van der Waals surface area (Å²) in [5.41, 5.74) is 1.87. The number of rotatable bonds is 15. The zero-order valence-electron chi connectivity index (χ0n) is 24.8. The van der Waals surface area contributed by atoms with Crippen molar-refractivity contribution in [1.82, 2.24) is 15.5 Å². The van der Waals surface area contributed by atoms with E-state index < -0.39 is 35.7 Å². The molecule has 220 valence electrons. The van der Waals surface area contributed by atoms with Gasteiger partial charge in [0.1, 0.15) is 17.7 Å². The zero-order valence-corrected chi connectivity index (χ0v) is 25.7. The van der Waals surface area contributed by atoms with Gasteiger partial charge in [-0.2, -0.15) is 11.8 Å². The van der Waals surface area contributed by atoms with E-state index in [9.17, 15) is 19.2 Å². The summed E-state index contributed by atoms with van der Waals surface area (Å²) in [5.74, 6) is -0.514. The van der Waals surface area contributed by atoms with Crippen molar-refractivity contribution < 1.29 is 28.7 Å². The maximum Gasteiger partial charge on any atom is 0.408 e. The van der Waals surface area contributed by atoms with Crippen LogP contribution in [0.1, 0.15) is 83.0 Å². The van der Waals surface area contributed by atoms with Crippen LogP contribution in [-0.4, -0.2) is 72.1 Å². The number of amides is 3. The minimum atomic E-state index is -0.941. The lowest BCUT2D eigenvalue weighted by atomic mass is 9.94. The van der Waals surface area contributed by atoms with E-state index in [1.807, 2.05) is 45.2 Å². The Kier molecular flexibility index (Phi) is 15.0. The number of hydrogen-bond acceptors (Lipinski definition) is 7. The van der Waals surface area contributed by atoms with Crippen LogP contribution in [0.4, 0.5) is 4.79 Å². The number of esters is 1. The highest BCUT2D eigenvalue weighted by molar-refractivity contribution is 7.98. The second kappa shape index (κ2) is 17.0. The predicted molar refractivity (Wildman–Crippen MR) is 156 cm³/mol. The molecule has 9 nitrogen and oxygen atoms in total. The van der Waals surface area contributed by atoms with Gasteiger partial charge in [0.15, 0.2) is 0 Å². The summed E-state index contributed by atoms with van der Waals surface area (Å²) in [5, 5.41) is 5.58. The number of carbonyl (C=O) groups excluding carboxylic acids is 4. The van der Waals surface area contributed by atoms with Gasteiger partial charge >= 0.3 is 12.1 Å². The third kappa shape index (κ3) is 11.9. The van der Waals surface area contributed by atoms with Crippen molar-refractivity contribution in [3.8, 4) is 0 Å². The Hall–Kier alpha value is -2.75. The second-order valence-corrected chi connectivity index (χ2v) is 11.4. The molecule has 0 saturated carbocycles. The van der Waals surface area contributed by atoms with E-state index in [0.29, 0.717) is 30.7 Å². The summed E-state index contributed by atoms with van der Waals surface area (Å²) in [7, 11) is 0. The number of ether oxygens (including phenoxy) is 2. The molecular formula is C29H47N3O6S. The molecule has 1 aromatic carbocycles. The zero-order chi connectivity index (χ0) is 29.6. The van der Waals surface area contributed by atoms with Gasteiger partial charge in [-0.1, -0.05) is 31.5 Å². The fraction of sp³-hybridized carbons (Fsp3) is 0.655. The Morgan fingerprint density at radius 3 is 2.38 bits per heavy atom. The predicted octanol–water partition coefficient (Wildman–Crippen LogP) is 4.69. The maximum atomic E-state index is 14.1. The molecule has 0 fully saturated rings. The lowest BCUT2D eigenvalue weighted by molar-refractivity contribution is -0.144. The lowest BCUT2D eigenvalue weighted by Crippen LogP contribution is -2.53. The van der Waals surface area contributed by atoms with Gasteiger partial charge in [-0.05, 0) is 83.1 Å². The lowest BCUT2D eigenvalue weighted by Gasteiger charge is -2.35. The molecule has 2 unspecified atom stereocenters. The molecule has 1 aromatic rings. The molecule has 0 heterocycles. The summed E-state index contributed by atoms with van der Waals surface area (Å²) in [4.78, 5) is 53.9. The number of thioether (sulfide) groups is 1. The van der Waals surface area contributed by atoms with Gasteiger partial charge in [0.05, 0.1) is 13.0 Å². The molecule has 2 N–H and O–H groups in total. The smallest absolute Gasteiger partial charge is 0.408 e. The number of nitrogens with zero attached hydrogens (tertiary/aromatic N) is 1. The Morgan fingerprint density at radius 1 is 1.10 bits per heavy atom. The van der Waals surface area contributed by atoms with Crippen molar-refractivity contribution in [2.75, 3.05) is 31.7 Å². The molecule has 0 aliphatic heterocycles. The summed E-state index contributed by atoms with van der Waals surface area (Å²) >= 11 is 1.56. The van der Waals surface area contributed by atoms with Crippen LogP contribution in [0.15, 0.2) is 18.2 Å². The quantitative estimate of drug-likeness (QED) is 0.297. The molecule has 0 bridgehead atoms. The first-order valence-corrected chi connectivity index (χ1v) is 15.0. The average molecular weight is 566 g/mol. The minimum Gasteiger partial charge on any atom is -0.466 e. The number of benzene rings is 1. The SMILES string of the molecule is CCCCN(C(=O)C(CCSC)NC(=O)OC(C)(C)C)C(C(=O)NCCC(=O)OCC)c1cccc(C)c1C. The van der Waals surface area contributed by atoms with Crippen LogP contribution in [0.2, 0.25) is 0 Å². The van der Waals surface area contributed by atoms with Crippen LogP contribution < -0.4 is 10.6 Å². The van der Waals surface area contributed by atoms with Gasteiger partial charge in [0.25, 0.3) is 0 Å². The van der Waals surface area contributed by atoms with Gasteiger partial charge in [-0.25, -0.2) is 4.79 Å². The maximum absolute atomic E-state index is 14.1. The number of carbonyl (C=O) groups is 4. The molecule has 1 rings (SSSR count). The summed E-state index contributed by atoms with van der Waals surface area (Å²) in [6, 6.07) is 3.86. The summed E-state index contributed by atoms with van der Waals surface area (Å²) < 4.78 is 10.4. The first-order chi connectivity index (χ1) is 18.4. The van der Waals surface area contributed by atoms with Crippen LogP contribution >= 0.6 is 11.8 Å². The van der Waals surface area contributed by atoms with Crippen LogP contribution in [0, 0.1) is 13.8 Å². The number of hydrogen-bond donors (Lipinski definition) is 2. The van der Waals surface area contributed by atoms with Crippen molar-refractivity contribution >= 4 is 35.6 Å². The molecule has 2 atom stereocenters. The molecule has 0 aliphatic rings. The van der Waals surface area contributed by atoms with E-state index in [0.717, 1.165) is 17.5 Å². The van der Waals surface area contributed by atoms with Crippen molar-refractivity contribution in [1.29, 1.82) is 0 Å². The third-order valence-corrected chi connectivity index (χ3v) is 6.71. The number of alkyl carbamates (subject to hydrolysis) is 1. The van der Waals surface area contributed by atoms with Gasteiger partial charge in [0, 0.05) is 13.1 Å². The number of aryl methyl sites for hydroxylation is 1. The molecule has 39 heavy (non-hydrogen) atoms. The Morgan fingerprint density at radius 2 is 1.79 bits per heavy atom. The van der Waals surface area contributed by atoms with Crippen LogP contribution in [0.25, 0.3) is 0 Å². The van der Waals surface area contributed by atoms with Crippen molar-refractivity contribution in [3.05, 3.63) is 34.9 Å². The minimum absolute atomic E-state index is 0.0263. The third-order valence-electron chi connectivity index (χ3n) is 6.07. The normalized spacial score (nSPS) is 12.7. The Bertz CT molecular complexity index is 963. The fourth-order valence-corrected chi connectivity index (χ4v) is 4.45. The molecule has 10 heteroatoms. The number of nitrogens with one attached hydrogen (secondary N) is 2. The van der Waals surface area contributed by atoms with Crippen molar-refractivity contribution in [2.45, 2.75) is 91.8 Å². The Balaban J connectivity index is 3.46. The molecule has 0 saturated heterocycles. The Labute approximate surface area is 238 Å². The molecule has 0 aliphatic carbocycles. The van der Waals surface area contributed by atoms with Crippen LogP contribution in [0.5, 0.6) is 0 Å². The monoisotopic (exact) mass is 565 g/mol. The summed E-state index contributed by atoms with van der Waals surface area (Å²) in [6.07, 6.45) is 3.14. The number of unbranched alkanes of at least 4 members (excludes halogenated alkanes) is 1. The van der Waals surface area contributed by atoms with E-state index in [1.165, 1.54) is 0 Å². The van der Waals surface area contributed by atoms with Gasteiger partial charge < -0.3 is 25.0 Å². The van der Waals surface area contributed by atoms with Gasteiger partial charge in [-0.15, -0.1) is 0 Å². The van der Waals surface area contributed by atoms with Crippen molar-refractivity contribution in [3.63, 3.8) is 0 Å².